The van der Waals surface area contributed by atoms with E-state index in [1.165, 1.54) is 0 Å². The Morgan fingerprint density at radius 2 is 2.23 bits per heavy atom. The zero-order valence-electron chi connectivity index (χ0n) is 7.98. The van der Waals surface area contributed by atoms with E-state index in [9.17, 15) is 0 Å². The van der Waals surface area contributed by atoms with Gasteiger partial charge in [-0.3, -0.25) is 0 Å². The van der Waals surface area contributed by atoms with Gasteiger partial charge in [0.25, 0.3) is 0 Å². The van der Waals surface area contributed by atoms with Crippen molar-refractivity contribution in [2.75, 3.05) is 0 Å². The third kappa shape index (κ3) is 2.46. The summed E-state index contributed by atoms with van der Waals surface area (Å²) in [6, 6.07) is 2.06. The fourth-order valence-corrected chi connectivity index (χ4v) is 1.66. The molecule has 0 saturated heterocycles. The van der Waals surface area contributed by atoms with E-state index in [1.807, 2.05) is 11.6 Å². The van der Waals surface area contributed by atoms with Crippen molar-refractivity contribution in [3.63, 3.8) is 0 Å². The molecule has 1 aromatic rings. The molecule has 0 saturated carbocycles. The molecule has 0 unspecified atom stereocenters. The van der Waals surface area contributed by atoms with Gasteiger partial charge in [-0.15, -0.1) is 10.2 Å². The summed E-state index contributed by atoms with van der Waals surface area (Å²) in [5.41, 5.74) is 0. The second-order valence-corrected chi connectivity index (χ2v) is 4.50. The van der Waals surface area contributed by atoms with Gasteiger partial charge in [0.15, 0.2) is 5.16 Å². The molecular formula is C8H12N4S. The third-order valence-corrected chi connectivity index (χ3v) is 2.54. The van der Waals surface area contributed by atoms with Crippen molar-refractivity contribution in [3.05, 3.63) is 5.82 Å². The minimum absolute atomic E-state index is 0.322. The van der Waals surface area contributed by atoms with Crippen LogP contribution in [0.1, 0.15) is 19.7 Å². The largest absolute Gasteiger partial charge is 0.308 e. The molecule has 4 nitrogen and oxygen atoms in total. The number of nitriles is 1. The van der Waals surface area contributed by atoms with Gasteiger partial charge < -0.3 is 4.57 Å². The summed E-state index contributed by atoms with van der Waals surface area (Å²) in [5.74, 6) is 0.727. The van der Waals surface area contributed by atoms with Gasteiger partial charge >= 0.3 is 0 Å². The molecule has 0 aliphatic heterocycles. The Morgan fingerprint density at radius 3 is 2.77 bits per heavy atom. The van der Waals surface area contributed by atoms with Gasteiger partial charge in [-0.25, -0.2) is 0 Å². The molecule has 0 radical (unpaired) electrons. The van der Waals surface area contributed by atoms with Gasteiger partial charge in [0.1, 0.15) is 5.82 Å². The smallest absolute Gasteiger partial charge is 0.191 e. The standard InChI is InChI=1S/C8H12N4S/c1-6(2)13-8-11-10-7(4-5-9)12(8)3/h6H,4H2,1-3H3. The second-order valence-electron chi connectivity index (χ2n) is 2.96. The number of hydrogen-bond donors (Lipinski definition) is 0. The van der Waals surface area contributed by atoms with Crippen LogP contribution in [0.25, 0.3) is 0 Å². The van der Waals surface area contributed by atoms with E-state index in [1.54, 1.807) is 11.8 Å². The summed E-state index contributed by atoms with van der Waals surface area (Å²) in [5, 5.41) is 17.8. The molecule has 13 heavy (non-hydrogen) atoms. The number of hydrogen-bond acceptors (Lipinski definition) is 4. The summed E-state index contributed by atoms with van der Waals surface area (Å²) in [7, 11) is 1.89. The number of rotatable bonds is 3. The maximum atomic E-state index is 8.50. The highest BCUT2D eigenvalue weighted by atomic mass is 32.2. The van der Waals surface area contributed by atoms with E-state index in [0.29, 0.717) is 11.7 Å². The quantitative estimate of drug-likeness (QED) is 0.685. The molecule has 0 aromatic carbocycles. The van der Waals surface area contributed by atoms with Crippen LogP contribution in [-0.4, -0.2) is 20.0 Å². The fourth-order valence-electron chi connectivity index (χ4n) is 0.883. The summed E-state index contributed by atoms with van der Waals surface area (Å²) in [6.07, 6.45) is 0.322. The van der Waals surface area contributed by atoms with Crippen LogP contribution in [0.4, 0.5) is 0 Å². The highest BCUT2D eigenvalue weighted by Crippen LogP contribution is 2.20. The minimum atomic E-state index is 0.322. The molecule has 5 heteroatoms. The zero-order chi connectivity index (χ0) is 9.84. The molecule has 0 aliphatic carbocycles. The van der Waals surface area contributed by atoms with Crippen molar-refractivity contribution in [1.82, 2.24) is 14.8 Å². The summed E-state index contributed by atoms with van der Waals surface area (Å²) in [4.78, 5) is 0. The van der Waals surface area contributed by atoms with Crippen LogP contribution in [0, 0.1) is 11.3 Å². The Hall–Kier alpha value is -1.02. The van der Waals surface area contributed by atoms with Crippen LogP contribution < -0.4 is 0 Å². The maximum Gasteiger partial charge on any atom is 0.191 e. The zero-order valence-corrected chi connectivity index (χ0v) is 8.80. The maximum absolute atomic E-state index is 8.50. The van der Waals surface area contributed by atoms with Crippen molar-refractivity contribution >= 4 is 11.8 Å². The van der Waals surface area contributed by atoms with Crippen LogP contribution in [0.2, 0.25) is 0 Å². The van der Waals surface area contributed by atoms with Crippen molar-refractivity contribution in [1.29, 1.82) is 5.26 Å². The number of aromatic nitrogens is 3. The first-order valence-corrected chi connectivity index (χ1v) is 4.95. The van der Waals surface area contributed by atoms with Crippen LogP contribution in [0.5, 0.6) is 0 Å². The van der Waals surface area contributed by atoms with Crippen molar-refractivity contribution in [2.45, 2.75) is 30.7 Å². The molecule has 0 amide bonds. The average molecular weight is 196 g/mol. The lowest BCUT2D eigenvalue weighted by Gasteiger charge is -2.03. The van der Waals surface area contributed by atoms with Gasteiger partial charge in [0, 0.05) is 12.3 Å². The van der Waals surface area contributed by atoms with Gasteiger partial charge in [-0.2, -0.15) is 5.26 Å². The molecule has 1 rings (SSSR count). The van der Waals surface area contributed by atoms with Gasteiger partial charge in [0.05, 0.1) is 12.5 Å². The Kier molecular flexibility index (Phi) is 3.32. The van der Waals surface area contributed by atoms with Crippen LogP contribution in [0.3, 0.4) is 0 Å². The van der Waals surface area contributed by atoms with Crippen molar-refractivity contribution in [3.8, 4) is 6.07 Å². The van der Waals surface area contributed by atoms with E-state index in [-0.39, 0.29) is 0 Å². The molecular weight excluding hydrogens is 184 g/mol. The summed E-state index contributed by atoms with van der Waals surface area (Å²) >= 11 is 1.65. The first-order valence-electron chi connectivity index (χ1n) is 4.07. The molecule has 70 valence electrons. The topological polar surface area (TPSA) is 54.5 Å². The first kappa shape index (κ1) is 10.1. The third-order valence-electron chi connectivity index (χ3n) is 1.50. The van der Waals surface area contributed by atoms with Crippen LogP contribution >= 0.6 is 11.8 Å². The van der Waals surface area contributed by atoms with Crippen LogP contribution in [0.15, 0.2) is 5.16 Å². The monoisotopic (exact) mass is 196 g/mol. The summed E-state index contributed by atoms with van der Waals surface area (Å²) < 4.78 is 1.87. The minimum Gasteiger partial charge on any atom is -0.308 e. The lowest BCUT2D eigenvalue weighted by atomic mass is 10.4. The lowest BCUT2D eigenvalue weighted by Crippen LogP contribution is -1.99. The average Bonchev–Trinajstić information content (AvgIpc) is 2.36. The Morgan fingerprint density at radius 1 is 1.54 bits per heavy atom. The molecule has 0 bridgehead atoms. The predicted octanol–water partition coefficient (Wildman–Crippen LogP) is 1.38. The van der Waals surface area contributed by atoms with Gasteiger partial charge in [0.2, 0.25) is 0 Å². The fraction of sp³-hybridized carbons (Fsp3) is 0.625. The molecule has 0 spiro atoms. The Balaban J connectivity index is 2.81. The van der Waals surface area contributed by atoms with Crippen molar-refractivity contribution in [2.24, 2.45) is 7.05 Å². The lowest BCUT2D eigenvalue weighted by molar-refractivity contribution is 0.752. The molecule has 1 aromatic heterocycles. The van der Waals surface area contributed by atoms with E-state index >= 15 is 0 Å². The Labute approximate surface area is 82.0 Å². The number of nitrogens with zero attached hydrogens (tertiary/aromatic N) is 4. The van der Waals surface area contributed by atoms with E-state index < -0.39 is 0 Å². The first-order chi connectivity index (χ1) is 6.15. The molecule has 0 aliphatic rings. The van der Waals surface area contributed by atoms with Crippen molar-refractivity contribution < 1.29 is 0 Å². The molecule has 0 N–H and O–H groups in total. The van der Waals surface area contributed by atoms with E-state index in [0.717, 1.165) is 11.0 Å². The highest BCUT2D eigenvalue weighted by molar-refractivity contribution is 7.99. The summed E-state index contributed by atoms with van der Waals surface area (Å²) in [6.45, 7) is 4.20. The highest BCUT2D eigenvalue weighted by Gasteiger charge is 2.09. The number of thioether (sulfide) groups is 1. The predicted molar refractivity (Wildman–Crippen MR) is 51.3 cm³/mol. The Bertz CT molecular complexity index is 323. The molecule has 1 heterocycles. The van der Waals surface area contributed by atoms with Gasteiger partial charge in [-0.05, 0) is 0 Å². The second kappa shape index (κ2) is 4.28. The van der Waals surface area contributed by atoms with Crippen LogP contribution in [-0.2, 0) is 13.5 Å². The van der Waals surface area contributed by atoms with Gasteiger partial charge in [-0.1, -0.05) is 25.6 Å². The van der Waals surface area contributed by atoms with E-state index in [2.05, 4.69) is 30.1 Å². The SMILES string of the molecule is CC(C)Sc1nnc(CC#N)n1C. The molecule has 0 fully saturated rings. The normalized spacial score (nSPS) is 10.4. The molecule has 0 atom stereocenters. The van der Waals surface area contributed by atoms with E-state index in [4.69, 9.17) is 5.26 Å².